The second-order valence-corrected chi connectivity index (χ2v) is 6.57. The number of halogens is 4. The van der Waals surface area contributed by atoms with E-state index >= 15 is 0 Å². The molecule has 0 aliphatic carbocycles. The van der Waals surface area contributed by atoms with Gasteiger partial charge >= 0.3 is 5.97 Å². The monoisotopic (exact) mass is 433 g/mol. The summed E-state index contributed by atoms with van der Waals surface area (Å²) in [6.07, 6.45) is 0. The van der Waals surface area contributed by atoms with E-state index in [-0.39, 0.29) is 18.0 Å². The summed E-state index contributed by atoms with van der Waals surface area (Å²) in [7, 11) is 1.35. The molecule has 0 aliphatic rings. The highest BCUT2D eigenvalue weighted by Gasteiger charge is 2.21. The van der Waals surface area contributed by atoms with E-state index in [1.807, 2.05) is 0 Å². The summed E-state index contributed by atoms with van der Waals surface area (Å²) < 4.78 is 67.1. The van der Waals surface area contributed by atoms with E-state index in [1.54, 1.807) is 13.0 Å². The van der Waals surface area contributed by atoms with E-state index in [4.69, 9.17) is 9.47 Å². The Hall–Kier alpha value is -3.55. The zero-order chi connectivity index (χ0) is 22.5. The molecule has 0 radical (unpaired) electrons. The van der Waals surface area contributed by atoms with E-state index < -0.39 is 41.5 Å². The Kier molecular flexibility index (Phi) is 6.79. The molecule has 0 fully saturated rings. The number of carbonyl (C=O) groups is 1. The summed E-state index contributed by atoms with van der Waals surface area (Å²) in [6.45, 7) is 1.19. The van der Waals surface area contributed by atoms with Gasteiger partial charge in [-0.1, -0.05) is 12.1 Å². The summed E-state index contributed by atoms with van der Waals surface area (Å²) in [5.41, 5.74) is 0.357. The number of rotatable bonds is 7. The van der Waals surface area contributed by atoms with Crippen LogP contribution in [-0.2, 0) is 9.53 Å². The van der Waals surface area contributed by atoms with Crippen molar-refractivity contribution >= 4 is 17.3 Å². The van der Waals surface area contributed by atoms with Crippen LogP contribution < -0.4 is 9.64 Å². The molecule has 3 rings (SSSR count). The van der Waals surface area contributed by atoms with Crippen molar-refractivity contribution in [1.82, 2.24) is 0 Å². The molecule has 8 heteroatoms. The Morgan fingerprint density at radius 2 is 1.68 bits per heavy atom. The van der Waals surface area contributed by atoms with Gasteiger partial charge in [0.2, 0.25) is 0 Å². The van der Waals surface area contributed by atoms with E-state index in [1.165, 1.54) is 37.4 Å². The Morgan fingerprint density at radius 3 is 2.39 bits per heavy atom. The number of benzene rings is 3. The smallest absolute Gasteiger partial charge is 0.344 e. The van der Waals surface area contributed by atoms with E-state index in [0.29, 0.717) is 11.1 Å². The molecule has 4 nitrogen and oxygen atoms in total. The second kappa shape index (κ2) is 9.51. The highest BCUT2D eigenvalue weighted by atomic mass is 19.1. The first-order valence-corrected chi connectivity index (χ1v) is 9.36. The van der Waals surface area contributed by atoms with Crippen LogP contribution in [0.1, 0.15) is 6.92 Å². The van der Waals surface area contributed by atoms with E-state index in [0.717, 1.165) is 23.1 Å². The van der Waals surface area contributed by atoms with Gasteiger partial charge < -0.3 is 14.4 Å². The normalized spacial score (nSPS) is 10.6. The van der Waals surface area contributed by atoms with Crippen LogP contribution in [-0.4, -0.2) is 26.2 Å². The average molecular weight is 433 g/mol. The maximum Gasteiger partial charge on any atom is 0.344 e. The third kappa shape index (κ3) is 5.14. The Morgan fingerprint density at radius 1 is 0.935 bits per heavy atom. The molecule has 0 aliphatic heterocycles. The average Bonchev–Trinajstić information content (AvgIpc) is 2.73. The molecule has 3 aromatic carbocycles. The molecule has 0 amide bonds. The number of carbonyl (C=O) groups excluding carboxylic acids is 1. The van der Waals surface area contributed by atoms with Gasteiger partial charge in [-0.3, -0.25) is 0 Å². The van der Waals surface area contributed by atoms with Gasteiger partial charge in [-0.05, 0) is 60.5 Å². The fourth-order valence-corrected chi connectivity index (χ4v) is 3.01. The predicted octanol–water partition coefficient (Wildman–Crippen LogP) is 5.62. The molecule has 0 heterocycles. The summed E-state index contributed by atoms with van der Waals surface area (Å²) in [5, 5.41) is 0. The number of nitrogens with zero attached hydrogens (tertiary/aromatic N) is 1. The number of anilines is 2. The van der Waals surface area contributed by atoms with Crippen molar-refractivity contribution in [3.05, 3.63) is 77.9 Å². The minimum absolute atomic E-state index is 0.125. The minimum Gasteiger partial charge on any atom is -0.479 e. The molecule has 0 saturated carbocycles. The molecule has 0 atom stereocenters. The maximum absolute atomic E-state index is 15.0. The molecular weight excluding hydrogens is 414 g/mol. The molecule has 162 valence electrons. The zero-order valence-electron chi connectivity index (χ0n) is 16.8. The van der Waals surface area contributed by atoms with Gasteiger partial charge in [0.15, 0.2) is 18.2 Å². The summed E-state index contributed by atoms with van der Waals surface area (Å²) >= 11 is 0. The van der Waals surface area contributed by atoms with Crippen LogP contribution in [0.15, 0.2) is 54.6 Å². The molecule has 0 aromatic heterocycles. The highest BCUT2D eigenvalue weighted by Crippen LogP contribution is 2.36. The molecule has 0 N–H and O–H groups in total. The first kappa shape index (κ1) is 22.1. The van der Waals surface area contributed by atoms with Crippen molar-refractivity contribution in [3.8, 4) is 16.9 Å². The van der Waals surface area contributed by atoms with E-state index in [2.05, 4.69) is 0 Å². The number of ether oxygens (including phenoxy) is 2. The molecular formula is C23H19F4NO3. The third-order valence-electron chi connectivity index (χ3n) is 4.45. The largest absolute Gasteiger partial charge is 0.479 e. The topological polar surface area (TPSA) is 38.8 Å². The first-order chi connectivity index (χ1) is 14.8. The fourth-order valence-electron chi connectivity index (χ4n) is 3.01. The van der Waals surface area contributed by atoms with E-state index in [9.17, 15) is 22.4 Å². The lowest BCUT2D eigenvalue weighted by Gasteiger charge is -2.22. The van der Waals surface area contributed by atoms with Gasteiger partial charge in [0, 0.05) is 12.7 Å². The highest BCUT2D eigenvalue weighted by molar-refractivity contribution is 5.74. The lowest BCUT2D eigenvalue weighted by molar-refractivity contribution is -0.145. The molecule has 0 unspecified atom stereocenters. The molecule has 0 saturated heterocycles. The zero-order valence-corrected chi connectivity index (χ0v) is 16.8. The number of hydrogen-bond acceptors (Lipinski definition) is 4. The van der Waals surface area contributed by atoms with Crippen molar-refractivity contribution in [2.45, 2.75) is 6.92 Å². The minimum atomic E-state index is -1.07. The summed E-state index contributed by atoms with van der Waals surface area (Å²) in [5.74, 6) is -4.22. The fraction of sp³-hybridized carbons (Fsp3) is 0.174. The summed E-state index contributed by atoms with van der Waals surface area (Å²) in [6, 6.07) is 11.3. The Balaban J connectivity index is 1.96. The molecule has 0 spiro atoms. The first-order valence-electron chi connectivity index (χ1n) is 9.36. The van der Waals surface area contributed by atoms with Gasteiger partial charge in [-0.15, -0.1) is 0 Å². The third-order valence-corrected chi connectivity index (χ3v) is 4.45. The van der Waals surface area contributed by atoms with Crippen molar-refractivity contribution in [1.29, 1.82) is 0 Å². The van der Waals surface area contributed by atoms with Gasteiger partial charge in [0.25, 0.3) is 0 Å². The predicted molar refractivity (Wildman–Crippen MR) is 108 cm³/mol. The van der Waals surface area contributed by atoms with Crippen LogP contribution in [0.2, 0.25) is 0 Å². The number of hydrogen-bond donors (Lipinski definition) is 0. The lowest BCUT2D eigenvalue weighted by atomic mass is 10.0. The van der Waals surface area contributed by atoms with Gasteiger partial charge in [0.05, 0.1) is 6.61 Å². The van der Waals surface area contributed by atoms with Gasteiger partial charge in [-0.2, -0.15) is 0 Å². The van der Waals surface area contributed by atoms with Gasteiger partial charge in [-0.25, -0.2) is 22.4 Å². The number of esters is 1. The SMILES string of the molecule is CCOC(=O)COc1ccc(F)c(N(C)c2cc(F)cc(-c3cccc(F)c3)c2)c1F. The van der Waals surface area contributed by atoms with Crippen molar-refractivity contribution in [2.24, 2.45) is 0 Å². The standard InChI is InChI=1S/C23H19F4NO3/c1-3-30-21(29)13-31-20-8-7-19(26)23(22(20)27)28(2)18-11-15(10-17(25)12-18)14-5-4-6-16(24)9-14/h4-12H,3,13H2,1-2H3. The van der Waals surface area contributed by atoms with Crippen LogP contribution in [0.4, 0.5) is 28.9 Å². The second-order valence-electron chi connectivity index (χ2n) is 6.57. The quantitative estimate of drug-likeness (QED) is 0.358. The van der Waals surface area contributed by atoms with Crippen LogP contribution in [0.25, 0.3) is 11.1 Å². The summed E-state index contributed by atoms with van der Waals surface area (Å²) in [4.78, 5) is 12.6. The van der Waals surface area contributed by atoms with Crippen molar-refractivity contribution < 1.29 is 31.8 Å². The molecule has 0 bridgehead atoms. The van der Waals surface area contributed by atoms with Gasteiger partial charge in [0.1, 0.15) is 23.1 Å². The van der Waals surface area contributed by atoms with Crippen molar-refractivity contribution in [2.75, 3.05) is 25.2 Å². The lowest BCUT2D eigenvalue weighted by Crippen LogP contribution is -2.17. The Bertz CT molecular complexity index is 1100. The van der Waals surface area contributed by atoms with Crippen LogP contribution in [0.5, 0.6) is 5.75 Å². The van der Waals surface area contributed by atoms with Crippen LogP contribution in [0.3, 0.4) is 0 Å². The van der Waals surface area contributed by atoms with Crippen molar-refractivity contribution in [3.63, 3.8) is 0 Å². The molecule has 3 aromatic rings. The van der Waals surface area contributed by atoms with Crippen LogP contribution in [0, 0.1) is 23.3 Å². The molecule has 31 heavy (non-hydrogen) atoms. The maximum atomic E-state index is 15.0. The Labute approximate surface area is 176 Å². The van der Waals surface area contributed by atoms with Crippen LogP contribution >= 0.6 is 0 Å².